The first-order valence-electron chi connectivity index (χ1n) is 9.32. The van der Waals surface area contributed by atoms with Crippen molar-refractivity contribution in [3.05, 3.63) is 82.2 Å². The highest BCUT2D eigenvalue weighted by Crippen LogP contribution is 2.36. The van der Waals surface area contributed by atoms with Gasteiger partial charge in [-0.05, 0) is 49.6 Å². The third-order valence-corrected chi connectivity index (χ3v) is 5.45. The normalized spacial score (nSPS) is 13.9. The second kappa shape index (κ2) is 7.93. The number of aryl methyl sites for hydroxylation is 1. The number of benzene rings is 2. The van der Waals surface area contributed by atoms with Gasteiger partial charge in [0.05, 0.1) is 17.9 Å². The van der Waals surface area contributed by atoms with E-state index in [0.717, 1.165) is 16.1 Å². The molecule has 0 saturated carbocycles. The molecule has 146 valence electrons. The summed E-state index contributed by atoms with van der Waals surface area (Å²) in [6.45, 7) is 4.39. The summed E-state index contributed by atoms with van der Waals surface area (Å²) >= 11 is 1.43. The van der Waals surface area contributed by atoms with Crippen molar-refractivity contribution in [2.75, 3.05) is 16.8 Å². The molecule has 3 aromatic rings. The molecule has 1 aliphatic rings. The van der Waals surface area contributed by atoms with Gasteiger partial charge in [0.15, 0.2) is 0 Å². The molecule has 4 rings (SSSR count). The molecule has 1 N–H and O–H groups in total. The van der Waals surface area contributed by atoms with Crippen LogP contribution >= 0.6 is 11.3 Å². The Morgan fingerprint density at radius 2 is 1.79 bits per heavy atom. The Morgan fingerprint density at radius 3 is 2.48 bits per heavy atom. The standard InChI is InChI=1S/C23H20N2O3S/c1-3-28-18-7-4-6-17(14-18)25-22(26)20(19-8-5-13-29-19)21(23(25)27)24-16-11-9-15(2)10-12-16/h4-14,24H,3H2,1-2H3. The van der Waals surface area contributed by atoms with Crippen LogP contribution in [0.15, 0.2) is 71.7 Å². The van der Waals surface area contributed by atoms with Gasteiger partial charge in [-0.25, -0.2) is 4.90 Å². The summed E-state index contributed by atoms with van der Waals surface area (Å²) in [4.78, 5) is 28.6. The lowest BCUT2D eigenvalue weighted by atomic mass is 10.1. The summed E-state index contributed by atoms with van der Waals surface area (Å²) in [6.07, 6.45) is 0. The van der Waals surface area contributed by atoms with E-state index >= 15 is 0 Å². The van der Waals surface area contributed by atoms with E-state index in [1.165, 1.54) is 16.2 Å². The fraction of sp³-hybridized carbons (Fsp3) is 0.130. The lowest BCUT2D eigenvalue weighted by molar-refractivity contribution is -0.120. The first-order chi connectivity index (χ1) is 14.1. The average molecular weight is 404 g/mol. The van der Waals surface area contributed by atoms with E-state index in [4.69, 9.17) is 4.74 Å². The van der Waals surface area contributed by atoms with E-state index in [2.05, 4.69) is 5.32 Å². The molecule has 0 aliphatic carbocycles. The number of rotatable bonds is 6. The van der Waals surface area contributed by atoms with Crippen molar-refractivity contribution >= 4 is 40.1 Å². The maximum absolute atomic E-state index is 13.3. The van der Waals surface area contributed by atoms with Crippen LogP contribution in [0.2, 0.25) is 0 Å². The van der Waals surface area contributed by atoms with Gasteiger partial charge in [0.1, 0.15) is 11.4 Å². The van der Waals surface area contributed by atoms with Crippen LogP contribution < -0.4 is 15.0 Å². The Hall–Kier alpha value is -3.38. The number of carbonyl (C=O) groups excluding carboxylic acids is 2. The van der Waals surface area contributed by atoms with Gasteiger partial charge in [0, 0.05) is 16.6 Å². The predicted molar refractivity (Wildman–Crippen MR) is 116 cm³/mol. The smallest absolute Gasteiger partial charge is 0.282 e. The average Bonchev–Trinajstić information content (AvgIpc) is 3.31. The van der Waals surface area contributed by atoms with Crippen LogP contribution in [0, 0.1) is 6.92 Å². The van der Waals surface area contributed by atoms with Crippen LogP contribution in [0.4, 0.5) is 11.4 Å². The molecule has 2 aromatic carbocycles. The summed E-state index contributed by atoms with van der Waals surface area (Å²) < 4.78 is 5.53. The molecule has 6 heteroatoms. The number of nitrogens with one attached hydrogen (secondary N) is 1. The number of nitrogens with zero attached hydrogens (tertiary/aromatic N) is 1. The molecule has 0 spiro atoms. The zero-order chi connectivity index (χ0) is 20.4. The maximum atomic E-state index is 13.3. The third kappa shape index (κ3) is 3.67. The van der Waals surface area contributed by atoms with Gasteiger partial charge in [-0.2, -0.15) is 0 Å². The molecule has 0 unspecified atom stereocenters. The van der Waals surface area contributed by atoms with Crippen LogP contribution in [0.1, 0.15) is 17.4 Å². The second-order valence-corrected chi connectivity index (χ2v) is 7.54. The SMILES string of the molecule is CCOc1cccc(N2C(=O)C(Nc3ccc(C)cc3)=C(c3cccs3)C2=O)c1. The van der Waals surface area contributed by atoms with Crippen molar-refractivity contribution in [3.63, 3.8) is 0 Å². The molecule has 0 saturated heterocycles. The number of anilines is 2. The Morgan fingerprint density at radius 1 is 1.00 bits per heavy atom. The highest BCUT2D eigenvalue weighted by atomic mass is 32.1. The minimum atomic E-state index is -0.382. The summed E-state index contributed by atoms with van der Waals surface area (Å²) in [5.74, 6) is -0.114. The topological polar surface area (TPSA) is 58.6 Å². The fourth-order valence-electron chi connectivity index (χ4n) is 3.19. The van der Waals surface area contributed by atoms with E-state index in [0.29, 0.717) is 23.6 Å². The van der Waals surface area contributed by atoms with E-state index in [1.807, 2.05) is 55.6 Å². The Labute approximate surface area is 173 Å². The molecular formula is C23H20N2O3S. The van der Waals surface area contributed by atoms with Crippen molar-refractivity contribution in [1.29, 1.82) is 0 Å². The lowest BCUT2D eigenvalue weighted by Crippen LogP contribution is -2.32. The molecule has 0 atom stereocenters. The molecule has 2 heterocycles. The first-order valence-corrected chi connectivity index (χ1v) is 10.2. The zero-order valence-corrected chi connectivity index (χ0v) is 17.0. The number of hydrogen-bond donors (Lipinski definition) is 1. The lowest BCUT2D eigenvalue weighted by Gasteiger charge is -2.16. The molecule has 0 fully saturated rings. The van der Waals surface area contributed by atoms with Crippen LogP contribution in [-0.2, 0) is 9.59 Å². The Kier molecular flexibility index (Phi) is 5.18. The van der Waals surface area contributed by atoms with Crippen LogP contribution in [0.25, 0.3) is 5.57 Å². The Bertz CT molecular complexity index is 1090. The largest absolute Gasteiger partial charge is 0.494 e. The number of carbonyl (C=O) groups is 2. The summed E-state index contributed by atoms with van der Waals surface area (Å²) in [5.41, 5.74) is 3.02. The zero-order valence-electron chi connectivity index (χ0n) is 16.1. The molecule has 29 heavy (non-hydrogen) atoms. The first kappa shape index (κ1) is 19.0. The quantitative estimate of drug-likeness (QED) is 0.597. The molecule has 1 aromatic heterocycles. The van der Waals surface area contributed by atoms with E-state index < -0.39 is 0 Å². The highest BCUT2D eigenvalue weighted by Gasteiger charge is 2.40. The number of ether oxygens (including phenoxy) is 1. The van der Waals surface area contributed by atoms with Crippen molar-refractivity contribution in [2.24, 2.45) is 0 Å². The molecule has 1 aliphatic heterocycles. The van der Waals surface area contributed by atoms with E-state index in [1.54, 1.807) is 24.3 Å². The minimum absolute atomic E-state index is 0.281. The van der Waals surface area contributed by atoms with Crippen molar-refractivity contribution < 1.29 is 14.3 Å². The van der Waals surface area contributed by atoms with Crippen LogP contribution in [0.5, 0.6) is 5.75 Å². The summed E-state index contributed by atoms with van der Waals surface area (Å²) in [6, 6.07) is 18.4. The highest BCUT2D eigenvalue weighted by molar-refractivity contribution is 7.11. The molecule has 2 amide bonds. The number of amides is 2. The van der Waals surface area contributed by atoms with Gasteiger partial charge < -0.3 is 10.1 Å². The van der Waals surface area contributed by atoms with Crippen LogP contribution in [-0.4, -0.2) is 18.4 Å². The molecule has 0 radical (unpaired) electrons. The summed E-state index contributed by atoms with van der Waals surface area (Å²) in [7, 11) is 0. The third-order valence-electron chi connectivity index (χ3n) is 4.56. The monoisotopic (exact) mass is 404 g/mol. The van der Waals surface area contributed by atoms with Crippen molar-refractivity contribution in [3.8, 4) is 5.75 Å². The number of imide groups is 1. The predicted octanol–water partition coefficient (Wildman–Crippen LogP) is 4.85. The van der Waals surface area contributed by atoms with Crippen molar-refractivity contribution in [1.82, 2.24) is 0 Å². The van der Waals surface area contributed by atoms with Gasteiger partial charge in [-0.1, -0.05) is 29.8 Å². The van der Waals surface area contributed by atoms with E-state index in [9.17, 15) is 9.59 Å². The van der Waals surface area contributed by atoms with Gasteiger partial charge >= 0.3 is 0 Å². The maximum Gasteiger partial charge on any atom is 0.282 e. The second-order valence-electron chi connectivity index (χ2n) is 6.59. The van der Waals surface area contributed by atoms with Gasteiger partial charge in [0.25, 0.3) is 11.8 Å². The van der Waals surface area contributed by atoms with Gasteiger partial charge in [0.2, 0.25) is 0 Å². The summed E-state index contributed by atoms with van der Waals surface area (Å²) in [5, 5.41) is 5.06. The minimum Gasteiger partial charge on any atom is -0.494 e. The number of hydrogen-bond acceptors (Lipinski definition) is 5. The van der Waals surface area contributed by atoms with Gasteiger partial charge in [-0.3, -0.25) is 9.59 Å². The molecular weight excluding hydrogens is 384 g/mol. The molecule has 5 nitrogen and oxygen atoms in total. The van der Waals surface area contributed by atoms with Crippen molar-refractivity contribution in [2.45, 2.75) is 13.8 Å². The number of thiophene rings is 1. The fourth-order valence-corrected chi connectivity index (χ4v) is 3.96. The van der Waals surface area contributed by atoms with E-state index in [-0.39, 0.29) is 17.5 Å². The van der Waals surface area contributed by atoms with Gasteiger partial charge in [-0.15, -0.1) is 11.3 Å². The Balaban J connectivity index is 1.76. The van der Waals surface area contributed by atoms with Crippen LogP contribution in [0.3, 0.4) is 0 Å². The molecule has 0 bridgehead atoms.